The van der Waals surface area contributed by atoms with E-state index in [0.29, 0.717) is 37.1 Å². The molecule has 0 unspecified atom stereocenters. The monoisotopic (exact) mass is 389 g/mol. The van der Waals surface area contributed by atoms with Crippen LogP contribution in [0.2, 0.25) is 0 Å². The number of ketones is 1. The maximum Gasteiger partial charge on any atom is 0.408 e. The van der Waals surface area contributed by atoms with Crippen molar-refractivity contribution in [2.24, 2.45) is 5.92 Å². The van der Waals surface area contributed by atoms with Gasteiger partial charge in [-0.2, -0.15) is 0 Å². The lowest BCUT2D eigenvalue weighted by atomic mass is 9.80. The van der Waals surface area contributed by atoms with Gasteiger partial charge in [-0.25, -0.2) is 4.79 Å². The zero-order chi connectivity index (χ0) is 20.5. The number of nitrogens with zero attached hydrogens (tertiary/aromatic N) is 1. The third-order valence-corrected chi connectivity index (χ3v) is 5.14. The van der Waals surface area contributed by atoms with E-state index in [1.165, 1.54) is 6.07 Å². The predicted molar refractivity (Wildman–Crippen MR) is 103 cm³/mol. The normalized spacial score (nSPS) is 19.0. The summed E-state index contributed by atoms with van der Waals surface area (Å²) in [6.45, 7) is 6.51. The molecule has 1 heterocycles. The summed E-state index contributed by atoms with van der Waals surface area (Å²) in [5.74, 6) is -0.0627. The number of rotatable bonds is 5. The van der Waals surface area contributed by atoms with Gasteiger partial charge in [0.2, 0.25) is 0 Å². The molecule has 1 aliphatic carbocycles. The number of hydrogen-bond acceptors (Lipinski definition) is 6. The van der Waals surface area contributed by atoms with Gasteiger partial charge < -0.3 is 15.4 Å². The highest BCUT2D eigenvalue weighted by atomic mass is 16.6. The SMILES string of the molecule is CC(C)(C)OC(=O)NC1(c2ccc(C(=O)C3CC3)cc2[N+](=O)[O-])CCNCC1. The van der Waals surface area contributed by atoms with Gasteiger partial charge in [-0.05, 0) is 65.6 Å². The molecular weight excluding hydrogens is 362 g/mol. The molecule has 3 rings (SSSR count). The number of amides is 1. The largest absolute Gasteiger partial charge is 0.444 e. The summed E-state index contributed by atoms with van der Waals surface area (Å²) < 4.78 is 5.39. The molecule has 1 saturated heterocycles. The fourth-order valence-corrected chi connectivity index (χ4v) is 3.64. The first-order valence-corrected chi connectivity index (χ1v) is 9.66. The smallest absolute Gasteiger partial charge is 0.408 e. The van der Waals surface area contributed by atoms with E-state index in [1.807, 2.05) is 0 Å². The maximum atomic E-state index is 12.5. The highest BCUT2D eigenvalue weighted by molar-refractivity contribution is 6.00. The molecule has 152 valence electrons. The Kier molecular flexibility index (Phi) is 5.43. The second-order valence-corrected chi connectivity index (χ2v) is 8.59. The molecule has 0 bridgehead atoms. The van der Waals surface area contributed by atoms with Crippen LogP contribution in [-0.2, 0) is 10.3 Å². The van der Waals surface area contributed by atoms with Crippen LogP contribution in [0.5, 0.6) is 0 Å². The van der Waals surface area contributed by atoms with Gasteiger partial charge in [0.1, 0.15) is 5.60 Å². The standard InChI is InChI=1S/C20H27N3O5/c1-19(2,3)28-18(25)22-20(8-10-21-11-9-20)15-7-6-14(12-16(15)23(26)27)17(24)13-4-5-13/h6-7,12-13,21H,4-5,8-11H2,1-3H3,(H,22,25). The van der Waals surface area contributed by atoms with E-state index in [1.54, 1.807) is 32.9 Å². The quantitative estimate of drug-likeness (QED) is 0.454. The van der Waals surface area contributed by atoms with Crippen molar-refractivity contribution >= 4 is 17.6 Å². The summed E-state index contributed by atoms with van der Waals surface area (Å²) in [7, 11) is 0. The summed E-state index contributed by atoms with van der Waals surface area (Å²) in [4.78, 5) is 36.2. The van der Waals surface area contributed by atoms with Crippen molar-refractivity contribution in [1.82, 2.24) is 10.6 Å². The van der Waals surface area contributed by atoms with E-state index < -0.39 is 22.2 Å². The number of nitro benzene ring substituents is 1. The van der Waals surface area contributed by atoms with Gasteiger partial charge in [0.05, 0.1) is 16.0 Å². The molecule has 2 fully saturated rings. The van der Waals surface area contributed by atoms with Crippen LogP contribution in [0.25, 0.3) is 0 Å². The van der Waals surface area contributed by atoms with E-state index in [9.17, 15) is 19.7 Å². The van der Waals surface area contributed by atoms with Crippen molar-refractivity contribution in [1.29, 1.82) is 0 Å². The first-order chi connectivity index (χ1) is 13.1. The van der Waals surface area contributed by atoms with Crippen LogP contribution in [0, 0.1) is 16.0 Å². The predicted octanol–water partition coefficient (Wildman–Crippen LogP) is 3.29. The number of ether oxygens (including phenoxy) is 1. The number of carbonyl (C=O) groups is 2. The molecular formula is C20H27N3O5. The fraction of sp³-hybridized carbons (Fsp3) is 0.600. The number of carbonyl (C=O) groups excluding carboxylic acids is 2. The molecule has 1 amide bonds. The number of benzene rings is 1. The Morgan fingerprint density at radius 2 is 1.89 bits per heavy atom. The molecule has 2 N–H and O–H groups in total. The van der Waals surface area contributed by atoms with Crippen LogP contribution in [0.15, 0.2) is 18.2 Å². The van der Waals surface area contributed by atoms with Crippen molar-refractivity contribution in [3.05, 3.63) is 39.4 Å². The van der Waals surface area contributed by atoms with Crippen LogP contribution < -0.4 is 10.6 Å². The number of alkyl carbamates (subject to hydrolysis) is 1. The summed E-state index contributed by atoms with van der Waals surface area (Å²) in [5, 5.41) is 17.9. The Morgan fingerprint density at radius 1 is 1.25 bits per heavy atom. The van der Waals surface area contributed by atoms with Gasteiger partial charge in [-0.3, -0.25) is 14.9 Å². The Morgan fingerprint density at radius 3 is 2.43 bits per heavy atom. The van der Waals surface area contributed by atoms with Gasteiger partial charge >= 0.3 is 6.09 Å². The molecule has 0 radical (unpaired) electrons. The molecule has 0 spiro atoms. The zero-order valence-corrected chi connectivity index (χ0v) is 16.5. The number of nitrogens with one attached hydrogen (secondary N) is 2. The van der Waals surface area contributed by atoms with Crippen molar-refractivity contribution in [2.75, 3.05) is 13.1 Å². The van der Waals surface area contributed by atoms with Gasteiger partial charge in [0.25, 0.3) is 5.69 Å². The number of Topliss-reactive ketones (excluding diaryl/α,β-unsaturated/α-hetero) is 1. The molecule has 1 aliphatic heterocycles. The average molecular weight is 389 g/mol. The fourth-order valence-electron chi connectivity index (χ4n) is 3.64. The summed E-state index contributed by atoms with van der Waals surface area (Å²) >= 11 is 0. The third kappa shape index (κ3) is 4.49. The molecule has 1 aromatic rings. The molecule has 0 atom stereocenters. The molecule has 2 aliphatic rings. The lowest BCUT2D eigenvalue weighted by Crippen LogP contribution is -2.53. The maximum absolute atomic E-state index is 12.5. The molecule has 8 nitrogen and oxygen atoms in total. The first kappa shape index (κ1) is 20.3. The van der Waals surface area contributed by atoms with Crippen molar-refractivity contribution in [3.8, 4) is 0 Å². The summed E-state index contributed by atoms with van der Waals surface area (Å²) in [6.07, 6.45) is 2.04. The average Bonchev–Trinajstić information content (AvgIpc) is 3.44. The minimum atomic E-state index is -0.919. The minimum absolute atomic E-state index is 0.0156. The van der Waals surface area contributed by atoms with Gasteiger partial charge in [0.15, 0.2) is 5.78 Å². The van der Waals surface area contributed by atoms with Crippen LogP contribution in [0.1, 0.15) is 62.4 Å². The number of hydrogen-bond donors (Lipinski definition) is 2. The Hall–Kier alpha value is -2.48. The number of piperidine rings is 1. The van der Waals surface area contributed by atoms with E-state index in [-0.39, 0.29) is 17.4 Å². The molecule has 1 aromatic carbocycles. The van der Waals surface area contributed by atoms with Crippen molar-refractivity contribution < 1.29 is 19.2 Å². The van der Waals surface area contributed by atoms with Crippen molar-refractivity contribution in [2.45, 2.75) is 57.6 Å². The molecule has 1 saturated carbocycles. The molecule has 28 heavy (non-hydrogen) atoms. The summed E-state index contributed by atoms with van der Waals surface area (Å²) in [5.41, 5.74) is -0.956. The van der Waals surface area contributed by atoms with Crippen LogP contribution in [-0.4, -0.2) is 35.5 Å². The van der Waals surface area contributed by atoms with Crippen LogP contribution >= 0.6 is 0 Å². The lowest BCUT2D eigenvalue weighted by Gasteiger charge is -2.38. The third-order valence-electron chi connectivity index (χ3n) is 5.14. The Bertz CT molecular complexity index is 790. The van der Waals surface area contributed by atoms with E-state index >= 15 is 0 Å². The van der Waals surface area contributed by atoms with Crippen LogP contribution in [0.3, 0.4) is 0 Å². The van der Waals surface area contributed by atoms with E-state index in [4.69, 9.17) is 4.74 Å². The lowest BCUT2D eigenvalue weighted by molar-refractivity contribution is -0.386. The molecule has 8 heteroatoms. The summed E-state index contributed by atoms with van der Waals surface area (Å²) in [6, 6.07) is 4.62. The highest BCUT2D eigenvalue weighted by Gasteiger charge is 2.42. The van der Waals surface area contributed by atoms with Crippen molar-refractivity contribution in [3.63, 3.8) is 0 Å². The van der Waals surface area contributed by atoms with Gasteiger partial charge in [-0.15, -0.1) is 0 Å². The number of nitro groups is 1. The first-order valence-electron chi connectivity index (χ1n) is 9.66. The van der Waals surface area contributed by atoms with Crippen LogP contribution in [0.4, 0.5) is 10.5 Å². The highest BCUT2D eigenvalue weighted by Crippen LogP contribution is 2.39. The topological polar surface area (TPSA) is 111 Å². The molecule has 0 aromatic heterocycles. The van der Waals surface area contributed by atoms with Gasteiger partial charge in [0, 0.05) is 17.5 Å². The second kappa shape index (κ2) is 7.50. The minimum Gasteiger partial charge on any atom is -0.444 e. The Labute approximate surface area is 164 Å². The van der Waals surface area contributed by atoms with E-state index in [2.05, 4.69) is 10.6 Å². The Balaban J connectivity index is 1.98. The van der Waals surface area contributed by atoms with E-state index in [0.717, 1.165) is 12.8 Å². The zero-order valence-electron chi connectivity index (χ0n) is 16.5. The van der Waals surface area contributed by atoms with Gasteiger partial charge in [-0.1, -0.05) is 6.07 Å². The second-order valence-electron chi connectivity index (χ2n) is 8.59.